The maximum Gasteiger partial charge on any atom is 0.205 e. The van der Waals surface area contributed by atoms with Crippen molar-refractivity contribution in [3.05, 3.63) is 11.8 Å². The fraction of sp³-hybridized carbons (Fsp3) is 0.615. The molecule has 3 rings (SSSR count). The van der Waals surface area contributed by atoms with Crippen LogP contribution in [0.2, 0.25) is 0 Å². The number of aromatic amines is 1. The Labute approximate surface area is 122 Å². The Bertz CT molecular complexity index is 681. The summed E-state index contributed by atoms with van der Waals surface area (Å²) in [6, 6.07) is 0. The minimum atomic E-state index is -0.486. The lowest BCUT2D eigenvalue weighted by Crippen LogP contribution is -2.44. The predicted molar refractivity (Wildman–Crippen MR) is 79.1 cm³/mol. The normalized spacial score (nSPS) is 18.3. The second-order valence-corrected chi connectivity index (χ2v) is 5.64. The highest BCUT2D eigenvalue weighted by molar-refractivity contribution is 5.72. The van der Waals surface area contributed by atoms with Crippen molar-refractivity contribution >= 4 is 17.1 Å². The zero-order valence-electron chi connectivity index (χ0n) is 12.4. The van der Waals surface area contributed by atoms with Gasteiger partial charge >= 0.3 is 0 Å². The van der Waals surface area contributed by atoms with E-state index in [0.29, 0.717) is 17.7 Å². The molecule has 0 bridgehead atoms. The first-order chi connectivity index (χ1) is 10.0. The molecule has 0 unspecified atom stereocenters. The summed E-state index contributed by atoms with van der Waals surface area (Å²) < 4.78 is 1.79. The van der Waals surface area contributed by atoms with Gasteiger partial charge in [-0.3, -0.25) is 5.41 Å². The first-order valence-electron chi connectivity index (χ1n) is 7.16. The molecule has 0 saturated carbocycles. The van der Waals surface area contributed by atoms with Crippen molar-refractivity contribution in [2.24, 2.45) is 0 Å². The van der Waals surface area contributed by atoms with Crippen LogP contribution in [-0.4, -0.2) is 68.9 Å². The second kappa shape index (κ2) is 5.45. The van der Waals surface area contributed by atoms with E-state index in [2.05, 4.69) is 31.8 Å². The van der Waals surface area contributed by atoms with Crippen molar-refractivity contribution in [2.75, 3.05) is 38.1 Å². The smallest absolute Gasteiger partial charge is 0.205 e. The fourth-order valence-corrected chi connectivity index (χ4v) is 2.56. The first-order valence-corrected chi connectivity index (χ1v) is 7.16. The minimum Gasteiger partial charge on any atom is -0.392 e. The van der Waals surface area contributed by atoms with Crippen LogP contribution in [0.15, 0.2) is 6.33 Å². The van der Waals surface area contributed by atoms with Crippen LogP contribution in [0, 0.1) is 5.41 Å². The third-order valence-electron chi connectivity index (χ3n) is 3.77. The molecule has 8 heteroatoms. The summed E-state index contributed by atoms with van der Waals surface area (Å²) in [7, 11) is 2.11. The highest BCUT2D eigenvalue weighted by atomic mass is 16.3. The minimum absolute atomic E-state index is 0.180. The number of nitrogens with one attached hydrogen (secondary N) is 2. The number of nitrogens with zero attached hydrogens (tertiary/aromatic N) is 5. The van der Waals surface area contributed by atoms with E-state index in [0.717, 1.165) is 32.1 Å². The Morgan fingerprint density at radius 1 is 1.38 bits per heavy atom. The number of aromatic nitrogens is 4. The highest BCUT2D eigenvalue weighted by Crippen LogP contribution is 2.16. The highest BCUT2D eigenvalue weighted by Gasteiger charge is 2.19. The maximum atomic E-state index is 9.57. The van der Waals surface area contributed by atoms with Gasteiger partial charge in [0.2, 0.25) is 5.95 Å². The topological polar surface area (TPSA) is 97.1 Å². The molecule has 114 valence electrons. The van der Waals surface area contributed by atoms with Gasteiger partial charge in [-0.15, -0.1) is 0 Å². The van der Waals surface area contributed by atoms with Crippen LogP contribution in [0.4, 0.5) is 5.95 Å². The van der Waals surface area contributed by atoms with Crippen molar-refractivity contribution in [1.29, 1.82) is 5.41 Å². The number of imidazole rings is 1. The van der Waals surface area contributed by atoms with Crippen LogP contribution >= 0.6 is 0 Å². The summed E-state index contributed by atoms with van der Waals surface area (Å²) in [5, 5.41) is 17.5. The van der Waals surface area contributed by atoms with Crippen LogP contribution < -0.4 is 10.4 Å². The van der Waals surface area contributed by atoms with Crippen LogP contribution in [-0.2, 0) is 6.54 Å². The van der Waals surface area contributed by atoms with E-state index in [1.165, 1.54) is 0 Å². The third-order valence-corrected chi connectivity index (χ3v) is 3.77. The Hall–Kier alpha value is -1.93. The van der Waals surface area contributed by atoms with Crippen LogP contribution in [0.25, 0.3) is 11.2 Å². The predicted octanol–water partition coefficient (Wildman–Crippen LogP) is -0.629. The molecule has 3 N–H and O–H groups in total. The van der Waals surface area contributed by atoms with Crippen LogP contribution in [0.3, 0.4) is 0 Å². The van der Waals surface area contributed by atoms with Gasteiger partial charge in [-0.2, -0.15) is 4.98 Å². The molecule has 0 amide bonds. The lowest BCUT2D eigenvalue weighted by Gasteiger charge is -2.31. The number of hydrogen-bond acceptors (Lipinski definition) is 6. The maximum absolute atomic E-state index is 9.57. The summed E-state index contributed by atoms with van der Waals surface area (Å²) in [6.45, 7) is 5.95. The molecule has 1 aliphatic heterocycles. The number of H-pyrrole nitrogens is 1. The van der Waals surface area contributed by atoms with E-state index >= 15 is 0 Å². The molecule has 1 aliphatic rings. The van der Waals surface area contributed by atoms with Gasteiger partial charge in [-0.1, -0.05) is 0 Å². The monoisotopic (exact) mass is 291 g/mol. The molecule has 2 aromatic rings. The molecule has 0 aromatic carbocycles. The average Bonchev–Trinajstić information content (AvgIpc) is 2.88. The van der Waals surface area contributed by atoms with Gasteiger partial charge < -0.3 is 24.5 Å². The molecule has 21 heavy (non-hydrogen) atoms. The first kappa shape index (κ1) is 14.0. The number of piperazine rings is 1. The summed E-state index contributed by atoms with van der Waals surface area (Å²) in [5.41, 5.74) is 1.47. The van der Waals surface area contributed by atoms with Gasteiger partial charge in [-0.05, 0) is 14.0 Å². The number of likely N-dealkylation sites (N-methyl/N-ethyl adjacent to an activating group) is 1. The van der Waals surface area contributed by atoms with Gasteiger partial charge in [0.1, 0.15) is 5.52 Å². The van der Waals surface area contributed by atoms with E-state index in [1.807, 2.05) is 0 Å². The van der Waals surface area contributed by atoms with Gasteiger partial charge in [0, 0.05) is 26.2 Å². The summed E-state index contributed by atoms with van der Waals surface area (Å²) in [5.74, 6) is 0.777. The molecule has 0 radical (unpaired) electrons. The number of hydrogen-bond donors (Lipinski definition) is 3. The Morgan fingerprint density at radius 3 is 2.76 bits per heavy atom. The van der Waals surface area contributed by atoms with Gasteiger partial charge in [0.25, 0.3) is 0 Å². The van der Waals surface area contributed by atoms with Crippen molar-refractivity contribution < 1.29 is 5.11 Å². The Kier molecular flexibility index (Phi) is 3.64. The summed E-state index contributed by atoms with van der Waals surface area (Å²) in [6.07, 6.45) is 1.08. The van der Waals surface area contributed by atoms with Crippen LogP contribution in [0.5, 0.6) is 0 Å². The molecule has 0 spiro atoms. The molecule has 1 fully saturated rings. The van der Waals surface area contributed by atoms with Crippen molar-refractivity contribution in [3.63, 3.8) is 0 Å². The van der Waals surface area contributed by atoms with E-state index in [9.17, 15) is 5.11 Å². The molecule has 1 atom stereocenters. The lowest BCUT2D eigenvalue weighted by atomic mass is 10.3. The van der Waals surface area contributed by atoms with Crippen molar-refractivity contribution in [1.82, 2.24) is 24.4 Å². The van der Waals surface area contributed by atoms with E-state index in [1.54, 1.807) is 17.8 Å². The molecule has 0 aliphatic carbocycles. The molecular weight excluding hydrogens is 270 g/mol. The second-order valence-electron chi connectivity index (χ2n) is 5.64. The van der Waals surface area contributed by atoms with Crippen molar-refractivity contribution in [3.8, 4) is 0 Å². The quantitative estimate of drug-likeness (QED) is 0.700. The van der Waals surface area contributed by atoms with Crippen LogP contribution in [0.1, 0.15) is 6.92 Å². The molecule has 8 nitrogen and oxygen atoms in total. The average molecular weight is 291 g/mol. The number of aliphatic hydroxyl groups excluding tert-OH is 1. The fourth-order valence-electron chi connectivity index (χ4n) is 2.56. The molecule has 2 aromatic heterocycles. The largest absolute Gasteiger partial charge is 0.392 e. The number of fused-ring (bicyclic) bond motifs is 1. The standard InChI is InChI=1S/C13H21N7O/c1-9(21)7-20-8-15-11(14)10-12(20)17-13(16-10)19-5-3-18(2)4-6-19/h8-9,14,21H,3-7H2,1-2H3,(H,16,17)/t9-/m1/s1. The van der Waals surface area contributed by atoms with E-state index < -0.39 is 6.10 Å². The Balaban J connectivity index is 1.98. The molecular formula is C13H21N7O. The number of anilines is 1. The van der Waals surface area contributed by atoms with E-state index in [-0.39, 0.29) is 5.49 Å². The zero-order valence-corrected chi connectivity index (χ0v) is 12.4. The van der Waals surface area contributed by atoms with Gasteiger partial charge in [0.15, 0.2) is 11.1 Å². The lowest BCUT2D eigenvalue weighted by molar-refractivity contribution is 0.174. The van der Waals surface area contributed by atoms with E-state index in [4.69, 9.17) is 5.41 Å². The molecule has 3 heterocycles. The number of rotatable bonds is 3. The number of aliphatic hydroxyl groups is 1. The zero-order chi connectivity index (χ0) is 15.0. The molecule has 1 saturated heterocycles. The van der Waals surface area contributed by atoms with Gasteiger partial charge in [0.05, 0.1) is 19.0 Å². The van der Waals surface area contributed by atoms with Crippen molar-refractivity contribution in [2.45, 2.75) is 19.6 Å². The van der Waals surface area contributed by atoms with Gasteiger partial charge in [-0.25, -0.2) is 4.98 Å². The Morgan fingerprint density at radius 2 is 2.10 bits per heavy atom. The third kappa shape index (κ3) is 2.77. The summed E-state index contributed by atoms with van der Waals surface area (Å²) in [4.78, 5) is 16.3. The summed E-state index contributed by atoms with van der Waals surface area (Å²) >= 11 is 0. The SMILES string of the molecule is C[C@@H](O)Cn1cnc(=N)c2[nH]c(N3CCN(C)CC3)nc21.